The zero-order chi connectivity index (χ0) is 12.8. The van der Waals surface area contributed by atoms with E-state index in [0.717, 1.165) is 23.9 Å². The van der Waals surface area contributed by atoms with E-state index in [9.17, 15) is 0 Å². The van der Waals surface area contributed by atoms with Crippen molar-refractivity contribution in [2.24, 2.45) is 11.8 Å². The molecule has 1 aliphatic rings. The number of nitrogens with zero attached hydrogens (tertiary/aromatic N) is 1. The van der Waals surface area contributed by atoms with Crippen molar-refractivity contribution in [1.82, 2.24) is 10.2 Å². The van der Waals surface area contributed by atoms with Crippen molar-refractivity contribution >= 4 is 0 Å². The maximum Gasteiger partial charge on any atom is 0.0249 e. The molecule has 102 valence electrons. The fourth-order valence-corrected chi connectivity index (χ4v) is 3.15. The molecule has 0 aromatic rings. The van der Waals surface area contributed by atoms with Gasteiger partial charge in [-0.2, -0.15) is 0 Å². The topological polar surface area (TPSA) is 15.3 Å². The summed E-state index contributed by atoms with van der Waals surface area (Å²) in [6.07, 6.45) is 3.90. The van der Waals surface area contributed by atoms with E-state index in [0.29, 0.717) is 0 Å². The van der Waals surface area contributed by atoms with E-state index in [4.69, 9.17) is 0 Å². The SMILES string of the molecule is CCC(CC)N(CC(C)C)C1CNCCC1C. The third kappa shape index (κ3) is 4.26. The molecule has 0 aromatic carbocycles. The minimum atomic E-state index is 0.746. The van der Waals surface area contributed by atoms with Gasteiger partial charge in [0, 0.05) is 25.2 Å². The molecule has 2 atom stereocenters. The van der Waals surface area contributed by atoms with Crippen LogP contribution in [-0.4, -0.2) is 36.6 Å². The van der Waals surface area contributed by atoms with Gasteiger partial charge in [-0.25, -0.2) is 0 Å². The molecule has 2 nitrogen and oxygen atoms in total. The molecule has 0 spiro atoms. The smallest absolute Gasteiger partial charge is 0.0249 e. The lowest BCUT2D eigenvalue weighted by molar-refractivity contribution is 0.0619. The molecule has 1 fully saturated rings. The van der Waals surface area contributed by atoms with Gasteiger partial charge in [-0.15, -0.1) is 0 Å². The Hall–Kier alpha value is -0.0800. The zero-order valence-electron chi connectivity index (χ0n) is 12.5. The average molecular weight is 240 g/mol. The summed E-state index contributed by atoms with van der Waals surface area (Å²) in [5.74, 6) is 1.61. The first-order valence-corrected chi connectivity index (χ1v) is 7.56. The fraction of sp³-hybridized carbons (Fsp3) is 1.00. The maximum atomic E-state index is 3.58. The lowest BCUT2D eigenvalue weighted by Gasteiger charge is -2.44. The Balaban J connectivity index is 2.72. The van der Waals surface area contributed by atoms with E-state index in [1.807, 2.05) is 0 Å². The number of piperidine rings is 1. The van der Waals surface area contributed by atoms with Crippen LogP contribution in [0.5, 0.6) is 0 Å². The Morgan fingerprint density at radius 1 is 1.24 bits per heavy atom. The molecule has 0 radical (unpaired) electrons. The minimum absolute atomic E-state index is 0.746. The van der Waals surface area contributed by atoms with E-state index in [1.54, 1.807) is 0 Å². The van der Waals surface area contributed by atoms with Gasteiger partial charge < -0.3 is 5.32 Å². The first-order chi connectivity index (χ1) is 8.10. The van der Waals surface area contributed by atoms with Crippen LogP contribution in [0, 0.1) is 11.8 Å². The van der Waals surface area contributed by atoms with E-state index >= 15 is 0 Å². The molecule has 2 heteroatoms. The first kappa shape index (κ1) is 15.0. The monoisotopic (exact) mass is 240 g/mol. The molecule has 1 N–H and O–H groups in total. The highest BCUT2D eigenvalue weighted by molar-refractivity contribution is 4.87. The highest BCUT2D eigenvalue weighted by Crippen LogP contribution is 2.23. The van der Waals surface area contributed by atoms with Crippen LogP contribution in [0.3, 0.4) is 0 Å². The van der Waals surface area contributed by atoms with E-state index in [1.165, 1.54) is 38.9 Å². The molecule has 0 aromatic heterocycles. The van der Waals surface area contributed by atoms with Crippen LogP contribution in [-0.2, 0) is 0 Å². The summed E-state index contributed by atoms with van der Waals surface area (Å²) in [5.41, 5.74) is 0. The van der Waals surface area contributed by atoms with Crippen LogP contribution in [0.25, 0.3) is 0 Å². The zero-order valence-corrected chi connectivity index (χ0v) is 12.5. The Labute approximate surface area is 108 Å². The molecule has 1 aliphatic heterocycles. The Kier molecular flexibility index (Phi) is 6.50. The summed E-state index contributed by atoms with van der Waals surface area (Å²) in [6.45, 7) is 15.4. The number of nitrogens with one attached hydrogen (secondary N) is 1. The normalized spacial score (nSPS) is 26.1. The molecule has 0 saturated carbocycles. The predicted molar refractivity (Wildman–Crippen MR) is 76.4 cm³/mol. The molecule has 2 unspecified atom stereocenters. The third-order valence-electron chi connectivity index (χ3n) is 4.20. The standard InChI is InChI=1S/C15H32N2/c1-6-14(7-2)17(11-12(3)4)15-10-16-9-8-13(15)5/h12-16H,6-11H2,1-5H3. The number of rotatable bonds is 6. The Morgan fingerprint density at radius 3 is 2.35 bits per heavy atom. The van der Waals surface area contributed by atoms with Gasteiger partial charge in [-0.1, -0.05) is 34.6 Å². The predicted octanol–water partition coefficient (Wildman–Crippen LogP) is 3.13. The fourth-order valence-electron chi connectivity index (χ4n) is 3.15. The minimum Gasteiger partial charge on any atom is -0.315 e. The van der Waals surface area contributed by atoms with E-state index in [2.05, 4.69) is 44.8 Å². The van der Waals surface area contributed by atoms with Crippen molar-refractivity contribution in [3.8, 4) is 0 Å². The van der Waals surface area contributed by atoms with Gasteiger partial charge in [0.1, 0.15) is 0 Å². The first-order valence-electron chi connectivity index (χ1n) is 7.56. The molecule has 0 amide bonds. The number of hydrogen-bond donors (Lipinski definition) is 1. The summed E-state index contributed by atoms with van der Waals surface area (Å²) in [5, 5.41) is 3.58. The largest absolute Gasteiger partial charge is 0.315 e. The van der Waals surface area contributed by atoms with Gasteiger partial charge in [0.15, 0.2) is 0 Å². The van der Waals surface area contributed by atoms with Crippen LogP contribution in [0.2, 0.25) is 0 Å². The van der Waals surface area contributed by atoms with Crippen molar-refractivity contribution in [2.75, 3.05) is 19.6 Å². The highest BCUT2D eigenvalue weighted by atomic mass is 15.2. The van der Waals surface area contributed by atoms with E-state index < -0.39 is 0 Å². The summed E-state index contributed by atoms with van der Waals surface area (Å²) >= 11 is 0. The van der Waals surface area contributed by atoms with Crippen LogP contribution in [0.15, 0.2) is 0 Å². The lowest BCUT2D eigenvalue weighted by atomic mass is 9.90. The summed E-state index contributed by atoms with van der Waals surface area (Å²) in [4.78, 5) is 2.79. The van der Waals surface area contributed by atoms with Gasteiger partial charge >= 0.3 is 0 Å². The van der Waals surface area contributed by atoms with Crippen LogP contribution < -0.4 is 5.32 Å². The Morgan fingerprint density at radius 2 is 1.88 bits per heavy atom. The van der Waals surface area contributed by atoms with Crippen molar-refractivity contribution in [1.29, 1.82) is 0 Å². The van der Waals surface area contributed by atoms with Gasteiger partial charge in [0.05, 0.1) is 0 Å². The molecule has 1 rings (SSSR count). The van der Waals surface area contributed by atoms with E-state index in [-0.39, 0.29) is 0 Å². The second kappa shape index (κ2) is 7.38. The molecule has 0 bridgehead atoms. The summed E-state index contributed by atoms with van der Waals surface area (Å²) in [6, 6.07) is 1.51. The highest BCUT2D eigenvalue weighted by Gasteiger charge is 2.30. The quantitative estimate of drug-likeness (QED) is 0.767. The Bertz CT molecular complexity index is 199. The van der Waals surface area contributed by atoms with Gasteiger partial charge in [-0.05, 0) is 37.6 Å². The molecule has 1 saturated heterocycles. The van der Waals surface area contributed by atoms with Crippen molar-refractivity contribution in [2.45, 2.75) is 66.0 Å². The van der Waals surface area contributed by atoms with Crippen molar-refractivity contribution < 1.29 is 0 Å². The van der Waals surface area contributed by atoms with Gasteiger partial charge in [0.25, 0.3) is 0 Å². The van der Waals surface area contributed by atoms with Crippen LogP contribution in [0.1, 0.15) is 53.9 Å². The van der Waals surface area contributed by atoms with Crippen LogP contribution >= 0.6 is 0 Å². The third-order valence-corrected chi connectivity index (χ3v) is 4.20. The second-order valence-electron chi connectivity index (χ2n) is 6.10. The molecule has 17 heavy (non-hydrogen) atoms. The number of hydrogen-bond acceptors (Lipinski definition) is 2. The summed E-state index contributed by atoms with van der Waals surface area (Å²) in [7, 11) is 0. The van der Waals surface area contributed by atoms with Crippen molar-refractivity contribution in [3.05, 3.63) is 0 Å². The second-order valence-corrected chi connectivity index (χ2v) is 6.10. The molecular weight excluding hydrogens is 208 g/mol. The van der Waals surface area contributed by atoms with Gasteiger partial charge in [0.2, 0.25) is 0 Å². The van der Waals surface area contributed by atoms with Gasteiger partial charge in [-0.3, -0.25) is 4.90 Å². The molecular formula is C15H32N2. The van der Waals surface area contributed by atoms with Crippen molar-refractivity contribution in [3.63, 3.8) is 0 Å². The molecule has 1 heterocycles. The van der Waals surface area contributed by atoms with Crippen LogP contribution in [0.4, 0.5) is 0 Å². The average Bonchev–Trinajstić information content (AvgIpc) is 2.29. The lowest BCUT2D eigenvalue weighted by Crippen LogP contribution is -2.54. The summed E-state index contributed by atoms with van der Waals surface area (Å²) < 4.78 is 0. The maximum absolute atomic E-state index is 3.58. The molecule has 0 aliphatic carbocycles.